The van der Waals surface area contributed by atoms with Gasteiger partial charge in [0, 0.05) is 6.42 Å². The molecule has 0 bridgehead atoms. The predicted octanol–water partition coefficient (Wildman–Crippen LogP) is 7.90. The van der Waals surface area contributed by atoms with Crippen molar-refractivity contribution in [1.29, 1.82) is 0 Å². The van der Waals surface area contributed by atoms with Crippen LogP contribution in [0.3, 0.4) is 0 Å². The van der Waals surface area contributed by atoms with Crippen LogP contribution in [0.1, 0.15) is 88.3 Å². The fraction of sp³-hybridized carbons (Fsp3) is 0.483. The molecule has 33 heavy (non-hydrogen) atoms. The van der Waals surface area contributed by atoms with Crippen molar-refractivity contribution in [2.24, 2.45) is 0 Å². The molecule has 0 saturated carbocycles. The Morgan fingerprint density at radius 1 is 0.697 bits per heavy atom. The fourth-order valence-electron chi connectivity index (χ4n) is 2.80. The van der Waals surface area contributed by atoms with Crippen molar-refractivity contribution in [2.75, 3.05) is 0 Å². The lowest BCUT2D eigenvalue weighted by Crippen LogP contribution is -2.11. The molecule has 0 atom stereocenters. The molecule has 0 aliphatic carbocycles. The average molecular weight is 459 g/mol. The molecule has 0 unspecified atom stereocenters. The molecular weight excluding hydrogens is 412 g/mol. The van der Waals surface area contributed by atoms with E-state index >= 15 is 0 Å². The topological polar surface area (TPSA) is 77.8 Å². The Morgan fingerprint density at radius 2 is 0.909 bits per heavy atom. The lowest BCUT2D eigenvalue weighted by molar-refractivity contribution is -0.136. The van der Waals surface area contributed by atoms with Gasteiger partial charge in [-0.3, -0.25) is 4.79 Å². The van der Waals surface area contributed by atoms with Crippen LogP contribution in [0.5, 0.6) is 11.5 Å². The van der Waals surface area contributed by atoms with Crippen molar-refractivity contribution in [2.45, 2.75) is 93.4 Å². The van der Waals surface area contributed by atoms with E-state index in [1.54, 1.807) is 6.92 Å². The third-order valence-corrected chi connectivity index (χ3v) is 5.14. The number of phenols is 2. The van der Waals surface area contributed by atoms with Gasteiger partial charge in [0.05, 0.1) is 0 Å². The summed E-state index contributed by atoms with van der Waals surface area (Å²) in [6, 6.07) is 7.83. The Kier molecular flexibility index (Phi) is 13.5. The van der Waals surface area contributed by atoms with E-state index in [9.17, 15) is 15.0 Å². The first-order valence-corrected chi connectivity index (χ1v) is 11.2. The first kappa shape index (κ1) is 32.4. The Bertz CT molecular complexity index is 830. The van der Waals surface area contributed by atoms with Crippen LogP contribution in [0.15, 0.2) is 37.4 Å². The first-order valence-electron chi connectivity index (χ1n) is 11.2. The summed E-state index contributed by atoms with van der Waals surface area (Å²) in [5.74, 6) is 0.0798. The van der Waals surface area contributed by atoms with Crippen LogP contribution < -0.4 is 0 Å². The van der Waals surface area contributed by atoms with Gasteiger partial charge in [0.1, 0.15) is 11.5 Å². The van der Waals surface area contributed by atoms with Gasteiger partial charge in [-0.25, -0.2) is 0 Å². The molecule has 0 amide bonds. The zero-order valence-electron chi connectivity index (χ0n) is 22.7. The Hall–Kier alpha value is -2.75. The van der Waals surface area contributed by atoms with Crippen molar-refractivity contribution in [1.82, 2.24) is 0 Å². The summed E-state index contributed by atoms with van der Waals surface area (Å²) < 4.78 is 0. The second-order valence-electron chi connectivity index (χ2n) is 10.2. The van der Waals surface area contributed by atoms with Crippen molar-refractivity contribution >= 4 is 5.97 Å². The highest BCUT2D eigenvalue weighted by Crippen LogP contribution is 2.33. The highest BCUT2D eigenvalue weighted by molar-refractivity contribution is 5.66. The van der Waals surface area contributed by atoms with Crippen LogP contribution in [0.25, 0.3) is 0 Å². The second-order valence-corrected chi connectivity index (χ2v) is 10.2. The predicted molar refractivity (Wildman–Crippen MR) is 142 cm³/mol. The van der Waals surface area contributed by atoms with E-state index in [1.165, 1.54) is 11.1 Å². The summed E-state index contributed by atoms with van der Waals surface area (Å²) in [5.41, 5.74) is 6.85. The largest absolute Gasteiger partial charge is 0.508 e. The number of aryl methyl sites for hydroxylation is 4. The van der Waals surface area contributed by atoms with Gasteiger partial charge in [-0.1, -0.05) is 60.6 Å². The molecule has 186 valence electrons. The van der Waals surface area contributed by atoms with Crippen LogP contribution >= 0.6 is 0 Å². The number of hydrogen-bond acceptors (Lipinski definition) is 3. The molecule has 0 aromatic heterocycles. The number of benzene rings is 2. The highest BCUT2D eigenvalue weighted by atomic mass is 16.4. The molecule has 4 heteroatoms. The van der Waals surface area contributed by atoms with Gasteiger partial charge in [-0.05, 0) is 84.0 Å². The minimum Gasteiger partial charge on any atom is -0.508 e. The van der Waals surface area contributed by atoms with E-state index in [4.69, 9.17) is 5.11 Å². The number of rotatable bonds is 1. The van der Waals surface area contributed by atoms with Gasteiger partial charge in [0.15, 0.2) is 0 Å². The summed E-state index contributed by atoms with van der Waals surface area (Å²) in [4.78, 5) is 9.37. The minimum absolute atomic E-state index is 0.0164. The fourth-order valence-corrected chi connectivity index (χ4v) is 2.80. The van der Waals surface area contributed by atoms with Gasteiger partial charge in [-0.2, -0.15) is 0 Å². The summed E-state index contributed by atoms with van der Waals surface area (Å²) >= 11 is 0. The lowest BCUT2D eigenvalue weighted by atomic mass is 9.84. The molecule has 2 rings (SSSR count). The van der Waals surface area contributed by atoms with Gasteiger partial charge < -0.3 is 15.3 Å². The molecule has 2 aromatic rings. The standard InChI is InChI=1S/2C12H18O.C3H6O2.C2H4/c2*1-8-6-10(12(3,4)5)11(13)7-9(8)2;1-2-3(4)5;1-2/h2*6-7,13H,1-5H3;2H2,1H3,(H,4,5);1-2H2. The normalized spacial score (nSPS) is 10.5. The van der Waals surface area contributed by atoms with Crippen LogP contribution in [0.4, 0.5) is 0 Å². The summed E-state index contributed by atoms with van der Waals surface area (Å²) in [5, 5.41) is 27.2. The van der Waals surface area contributed by atoms with Gasteiger partial charge >= 0.3 is 5.97 Å². The van der Waals surface area contributed by atoms with Crippen molar-refractivity contribution in [3.63, 3.8) is 0 Å². The number of aromatic hydroxyl groups is 2. The zero-order chi connectivity index (χ0) is 26.7. The van der Waals surface area contributed by atoms with E-state index in [0.717, 1.165) is 22.3 Å². The molecule has 0 radical (unpaired) electrons. The van der Waals surface area contributed by atoms with E-state index in [2.05, 4.69) is 80.7 Å². The van der Waals surface area contributed by atoms with Crippen molar-refractivity contribution < 1.29 is 20.1 Å². The molecular formula is C29H46O4. The third kappa shape index (κ3) is 11.6. The maximum Gasteiger partial charge on any atom is 0.303 e. The molecule has 3 N–H and O–H groups in total. The number of aliphatic carboxylic acids is 1. The Labute approximate surface area is 202 Å². The van der Waals surface area contributed by atoms with Crippen LogP contribution in [0, 0.1) is 27.7 Å². The molecule has 0 saturated heterocycles. The molecule has 0 aliphatic rings. The molecule has 0 fully saturated rings. The maximum atomic E-state index is 9.75. The summed E-state index contributed by atoms with van der Waals surface area (Å²) in [6.07, 6.45) is 0.222. The number of phenolic OH excluding ortho intramolecular Hbond substituents is 2. The van der Waals surface area contributed by atoms with Crippen molar-refractivity contribution in [3.8, 4) is 11.5 Å². The average Bonchev–Trinajstić information content (AvgIpc) is 2.68. The number of carboxylic acids is 1. The van der Waals surface area contributed by atoms with Gasteiger partial charge in [0.25, 0.3) is 0 Å². The molecule has 2 aromatic carbocycles. The summed E-state index contributed by atoms with van der Waals surface area (Å²) in [7, 11) is 0. The van der Waals surface area contributed by atoms with Gasteiger partial charge in [0.2, 0.25) is 0 Å². The molecule has 0 spiro atoms. The van der Waals surface area contributed by atoms with Crippen LogP contribution in [-0.2, 0) is 15.6 Å². The van der Waals surface area contributed by atoms with E-state index in [-0.39, 0.29) is 17.3 Å². The SMILES string of the molecule is C=C.CCC(=O)O.Cc1cc(O)c(C(C)(C)C)cc1C.Cc1cc(O)c(C(C)(C)C)cc1C. The Morgan fingerprint density at radius 3 is 1.09 bits per heavy atom. The molecule has 4 nitrogen and oxygen atoms in total. The van der Waals surface area contributed by atoms with Gasteiger partial charge in [-0.15, -0.1) is 13.2 Å². The zero-order valence-corrected chi connectivity index (χ0v) is 22.7. The van der Waals surface area contributed by atoms with Crippen molar-refractivity contribution in [3.05, 3.63) is 70.8 Å². The maximum absolute atomic E-state index is 9.75. The number of carboxylic acid groups (broad SMARTS) is 1. The molecule has 0 aliphatic heterocycles. The molecule has 0 heterocycles. The van der Waals surface area contributed by atoms with E-state index in [0.29, 0.717) is 11.5 Å². The summed E-state index contributed by atoms with van der Waals surface area (Å²) in [6.45, 7) is 28.4. The van der Waals surface area contributed by atoms with E-state index < -0.39 is 5.97 Å². The highest BCUT2D eigenvalue weighted by Gasteiger charge is 2.19. The minimum atomic E-state index is -0.745. The second kappa shape index (κ2) is 13.7. The number of hydrogen-bond donors (Lipinski definition) is 3. The van der Waals surface area contributed by atoms with Crippen LogP contribution in [0.2, 0.25) is 0 Å². The lowest BCUT2D eigenvalue weighted by Gasteiger charge is -2.21. The third-order valence-electron chi connectivity index (χ3n) is 5.14. The Balaban J connectivity index is 0. The monoisotopic (exact) mass is 458 g/mol. The van der Waals surface area contributed by atoms with Crippen LogP contribution in [-0.4, -0.2) is 21.3 Å². The smallest absolute Gasteiger partial charge is 0.303 e. The number of carbonyl (C=O) groups is 1. The quantitative estimate of drug-likeness (QED) is 0.380. The van der Waals surface area contributed by atoms with E-state index in [1.807, 2.05) is 26.0 Å². The first-order chi connectivity index (χ1) is 14.9.